The number of pyridine rings is 1. The van der Waals surface area contributed by atoms with Gasteiger partial charge in [-0.25, -0.2) is 0 Å². The van der Waals surface area contributed by atoms with Crippen molar-refractivity contribution in [1.82, 2.24) is 9.88 Å². The van der Waals surface area contributed by atoms with Gasteiger partial charge in [0.15, 0.2) is 0 Å². The molecule has 0 bridgehead atoms. The van der Waals surface area contributed by atoms with Crippen molar-refractivity contribution in [3.8, 4) is 6.07 Å². The zero-order valence-electron chi connectivity index (χ0n) is 15.5. The highest BCUT2D eigenvalue weighted by Gasteiger charge is 2.34. The lowest BCUT2D eigenvalue weighted by Crippen LogP contribution is -2.39. The summed E-state index contributed by atoms with van der Waals surface area (Å²) in [5, 5.41) is 13.4. The maximum Gasteiger partial charge on any atom is 0.266 e. The molecule has 2 fully saturated rings. The van der Waals surface area contributed by atoms with E-state index in [1.807, 2.05) is 28.9 Å². The number of amides is 1. The van der Waals surface area contributed by atoms with Crippen LogP contribution in [-0.2, 0) is 4.79 Å². The molecule has 0 unspecified atom stereocenters. The van der Waals surface area contributed by atoms with Crippen molar-refractivity contribution in [3.63, 3.8) is 0 Å². The van der Waals surface area contributed by atoms with Gasteiger partial charge in [-0.3, -0.25) is 9.78 Å². The van der Waals surface area contributed by atoms with Crippen LogP contribution in [0.2, 0.25) is 0 Å². The van der Waals surface area contributed by atoms with E-state index in [4.69, 9.17) is 0 Å². The van der Waals surface area contributed by atoms with Crippen LogP contribution in [0.15, 0.2) is 29.7 Å². The minimum Gasteiger partial charge on any atom is -0.364 e. The van der Waals surface area contributed by atoms with Crippen molar-refractivity contribution in [3.05, 3.63) is 29.7 Å². The first-order valence-corrected chi connectivity index (χ1v) is 10.9. The molecule has 0 spiro atoms. The van der Waals surface area contributed by atoms with E-state index in [2.05, 4.69) is 21.3 Å². The summed E-state index contributed by atoms with van der Waals surface area (Å²) in [6.07, 6.45) is 8.82. The largest absolute Gasteiger partial charge is 0.364 e. The number of allylic oxidation sites excluding steroid dienone is 1. The fourth-order valence-electron chi connectivity index (χ4n) is 4.22. The Morgan fingerprint density at radius 3 is 2.78 bits per heavy atom. The molecule has 142 valence electrons. The van der Waals surface area contributed by atoms with Crippen LogP contribution < -0.4 is 10.2 Å². The van der Waals surface area contributed by atoms with E-state index >= 15 is 0 Å². The number of nitrogens with one attached hydrogen (secondary N) is 1. The Labute approximate surface area is 164 Å². The number of anilines is 2. The molecule has 1 aromatic rings. The predicted octanol–water partition coefficient (Wildman–Crippen LogP) is 3.20. The van der Waals surface area contributed by atoms with Crippen molar-refractivity contribution in [1.29, 1.82) is 5.26 Å². The van der Waals surface area contributed by atoms with Crippen LogP contribution in [0.1, 0.15) is 32.1 Å². The topological polar surface area (TPSA) is 72.3 Å². The molecule has 1 aromatic heterocycles. The summed E-state index contributed by atoms with van der Waals surface area (Å²) in [4.78, 5) is 21.5. The minimum atomic E-state index is -0.0899. The average Bonchev–Trinajstić information content (AvgIpc) is 3.16. The Morgan fingerprint density at radius 1 is 1.26 bits per heavy atom. The van der Waals surface area contributed by atoms with Crippen LogP contribution in [0.3, 0.4) is 0 Å². The molecule has 2 saturated heterocycles. The van der Waals surface area contributed by atoms with E-state index in [-0.39, 0.29) is 11.8 Å². The third-order valence-electron chi connectivity index (χ3n) is 5.64. The molecule has 4 rings (SSSR count). The summed E-state index contributed by atoms with van der Waals surface area (Å²) in [7, 11) is 0. The van der Waals surface area contributed by atoms with Gasteiger partial charge in [-0.05, 0) is 49.7 Å². The van der Waals surface area contributed by atoms with Crippen molar-refractivity contribution in [2.45, 2.75) is 32.1 Å². The van der Waals surface area contributed by atoms with Gasteiger partial charge in [-0.2, -0.15) is 17.0 Å². The number of piperidine rings is 1. The second kappa shape index (κ2) is 8.22. The van der Waals surface area contributed by atoms with Crippen LogP contribution in [0, 0.1) is 17.2 Å². The van der Waals surface area contributed by atoms with Gasteiger partial charge in [0, 0.05) is 30.9 Å². The maximum atomic E-state index is 13.3. The molecule has 6 nitrogen and oxygen atoms in total. The fourth-order valence-corrected chi connectivity index (χ4v) is 5.33. The molecule has 0 saturated carbocycles. The molecular formula is C20H25N5OS. The molecule has 0 atom stereocenters. The second-order valence-corrected chi connectivity index (χ2v) is 8.49. The predicted molar refractivity (Wildman–Crippen MR) is 108 cm³/mol. The van der Waals surface area contributed by atoms with E-state index in [0.717, 1.165) is 67.4 Å². The number of carbonyl (C=O) groups excluding carboxylic acids is 1. The molecule has 3 aliphatic rings. The Kier molecular flexibility index (Phi) is 5.53. The molecule has 0 radical (unpaired) electrons. The van der Waals surface area contributed by atoms with Crippen LogP contribution in [0.5, 0.6) is 0 Å². The number of carbonyl (C=O) groups is 1. The summed E-state index contributed by atoms with van der Waals surface area (Å²) in [6, 6.07) is 4.27. The van der Waals surface area contributed by atoms with Gasteiger partial charge >= 0.3 is 0 Å². The minimum absolute atomic E-state index is 0.0899. The Bertz CT molecular complexity index is 775. The number of likely N-dealkylation sites (tertiary alicyclic amines) is 1. The Balaban J connectivity index is 1.75. The smallest absolute Gasteiger partial charge is 0.266 e. The van der Waals surface area contributed by atoms with Crippen LogP contribution in [0.4, 0.5) is 11.4 Å². The summed E-state index contributed by atoms with van der Waals surface area (Å²) in [5.74, 6) is 2.31. The number of thioether (sulfide) groups is 1. The first-order chi connectivity index (χ1) is 13.3. The van der Waals surface area contributed by atoms with Gasteiger partial charge in [0.05, 0.1) is 24.2 Å². The van der Waals surface area contributed by atoms with Crippen LogP contribution in [-0.4, -0.2) is 47.1 Å². The molecule has 1 amide bonds. The Morgan fingerprint density at radius 2 is 2.04 bits per heavy atom. The van der Waals surface area contributed by atoms with Gasteiger partial charge < -0.3 is 15.1 Å². The van der Waals surface area contributed by atoms with E-state index in [1.54, 1.807) is 6.20 Å². The van der Waals surface area contributed by atoms with Gasteiger partial charge in [0.2, 0.25) is 0 Å². The van der Waals surface area contributed by atoms with Gasteiger partial charge in [0.25, 0.3) is 5.91 Å². The molecular weight excluding hydrogens is 358 g/mol. The lowest BCUT2D eigenvalue weighted by atomic mass is 9.93. The van der Waals surface area contributed by atoms with E-state index < -0.39 is 0 Å². The molecule has 7 heteroatoms. The van der Waals surface area contributed by atoms with Crippen molar-refractivity contribution in [2.75, 3.05) is 41.5 Å². The zero-order valence-corrected chi connectivity index (χ0v) is 16.3. The monoisotopic (exact) mass is 383 g/mol. The highest BCUT2D eigenvalue weighted by molar-refractivity contribution is 7.99. The standard InChI is InChI=1S/C20H25N5OS/c21-12-16(20(26)24-8-2-1-3-9-24)19(15-5-10-27-11-6-15)25-14-23-17-13-22-7-4-18(17)25/h4,7,13,15,23H,1-3,5-6,8-11,14H2. The lowest BCUT2D eigenvalue weighted by molar-refractivity contribution is -0.127. The number of hydrogen-bond donors (Lipinski definition) is 1. The highest BCUT2D eigenvalue weighted by atomic mass is 32.2. The summed E-state index contributed by atoms with van der Waals surface area (Å²) >= 11 is 1.96. The molecule has 0 aromatic carbocycles. The number of aromatic nitrogens is 1. The first-order valence-electron chi connectivity index (χ1n) is 9.76. The second-order valence-electron chi connectivity index (χ2n) is 7.27. The van der Waals surface area contributed by atoms with Crippen LogP contribution in [0.25, 0.3) is 0 Å². The molecule has 1 N–H and O–H groups in total. The Hall–Kier alpha value is -2.20. The summed E-state index contributed by atoms with van der Waals surface area (Å²) in [6.45, 7) is 2.10. The maximum absolute atomic E-state index is 13.3. The molecule has 0 aliphatic carbocycles. The molecule has 3 aliphatic heterocycles. The lowest BCUT2D eigenvalue weighted by Gasteiger charge is -2.33. The van der Waals surface area contributed by atoms with Gasteiger partial charge in [0.1, 0.15) is 11.6 Å². The van der Waals surface area contributed by atoms with E-state index in [1.165, 1.54) is 6.42 Å². The number of rotatable bonds is 3. The average molecular weight is 384 g/mol. The van der Waals surface area contributed by atoms with Crippen LogP contribution >= 0.6 is 11.8 Å². The van der Waals surface area contributed by atoms with Crippen molar-refractivity contribution < 1.29 is 4.79 Å². The fraction of sp³-hybridized carbons (Fsp3) is 0.550. The van der Waals surface area contributed by atoms with Gasteiger partial charge in [-0.15, -0.1) is 0 Å². The first kappa shape index (κ1) is 18.2. The summed E-state index contributed by atoms with van der Waals surface area (Å²) in [5.41, 5.74) is 3.21. The zero-order chi connectivity index (χ0) is 18.6. The third-order valence-corrected chi connectivity index (χ3v) is 6.69. The third kappa shape index (κ3) is 3.63. The molecule has 4 heterocycles. The summed E-state index contributed by atoms with van der Waals surface area (Å²) < 4.78 is 0. The van der Waals surface area contributed by atoms with Gasteiger partial charge in [-0.1, -0.05) is 0 Å². The van der Waals surface area contributed by atoms with E-state index in [9.17, 15) is 10.1 Å². The van der Waals surface area contributed by atoms with Crippen molar-refractivity contribution >= 4 is 29.0 Å². The molecule has 27 heavy (non-hydrogen) atoms. The quantitative estimate of drug-likeness (QED) is 0.638. The number of nitrogens with zero attached hydrogens (tertiary/aromatic N) is 4. The number of fused-ring (bicyclic) bond motifs is 1. The van der Waals surface area contributed by atoms with Crippen molar-refractivity contribution in [2.24, 2.45) is 5.92 Å². The SMILES string of the molecule is N#CC(C(=O)N1CCCCC1)=C(C1CCSCC1)N1CNc2cnccc21. The normalized spacial score (nSPS) is 21.1. The highest BCUT2D eigenvalue weighted by Crippen LogP contribution is 2.40. The van der Waals surface area contributed by atoms with E-state index in [0.29, 0.717) is 12.2 Å². The number of nitriles is 1. The number of hydrogen-bond acceptors (Lipinski definition) is 6.